The number of fused-ring (bicyclic) bond motifs is 5. The van der Waals surface area contributed by atoms with Gasteiger partial charge in [0.1, 0.15) is 5.56 Å². The minimum absolute atomic E-state index is 0.0148. The molecule has 2 aromatic heterocycles. The topological polar surface area (TPSA) is 107 Å². The van der Waals surface area contributed by atoms with Crippen molar-refractivity contribution in [3.05, 3.63) is 17.5 Å². The minimum Gasteiger partial charge on any atom is -0.477 e. The number of hydrogen-bond donors (Lipinski definition) is 2. The first-order chi connectivity index (χ1) is 12.6. The molecule has 3 heterocycles. The van der Waals surface area contributed by atoms with Gasteiger partial charge in [0.15, 0.2) is 11.8 Å². The van der Waals surface area contributed by atoms with E-state index < -0.39 is 53.5 Å². The molecule has 27 heavy (non-hydrogen) atoms. The average Bonchev–Trinajstić information content (AvgIpc) is 3.05. The van der Waals surface area contributed by atoms with Crippen LogP contribution in [0.5, 0.6) is 5.88 Å². The number of aromatic nitrogens is 3. The third-order valence-corrected chi connectivity index (χ3v) is 3.99. The number of ether oxygens (including phenoxy) is 1. The molecule has 2 aromatic rings. The Labute approximate surface area is 149 Å². The number of anilines is 1. The van der Waals surface area contributed by atoms with Gasteiger partial charge in [0.2, 0.25) is 5.88 Å². The average molecular weight is 394 g/mol. The first-order valence-electron chi connectivity index (χ1n) is 8.00. The van der Waals surface area contributed by atoms with E-state index >= 15 is 0 Å². The lowest BCUT2D eigenvalue weighted by Gasteiger charge is -2.20. The van der Waals surface area contributed by atoms with E-state index in [4.69, 9.17) is 14.9 Å². The quantitative estimate of drug-likeness (QED) is 0.660. The normalized spacial score (nSPS) is 20.6. The lowest BCUT2D eigenvalue weighted by Crippen LogP contribution is -2.26. The summed E-state index contributed by atoms with van der Waals surface area (Å²) in [5.74, 6) is -5.53. The Morgan fingerprint density at radius 3 is 2.63 bits per heavy atom. The zero-order chi connectivity index (χ0) is 19.8. The van der Waals surface area contributed by atoms with Gasteiger partial charge in [-0.15, -0.1) is 10.2 Å². The van der Waals surface area contributed by atoms with Gasteiger partial charge in [-0.2, -0.15) is 13.2 Å². The largest absolute Gasteiger partial charge is 0.477 e. The maximum absolute atomic E-state index is 14.0. The van der Waals surface area contributed by atoms with Gasteiger partial charge in [-0.05, 0) is 25.3 Å². The van der Waals surface area contributed by atoms with Crippen molar-refractivity contribution in [2.24, 2.45) is 0 Å². The Kier molecular flexibility index (Phi) is 4.93. The molecule has 0 saturated heterocycles. The number of rotatable bonds is 0. The fraction of sp³-hybridized carbons (Fsp3) is 0.533. The van der Waals surface area contributed by atoms with Crippen LogP contribution in [0.2, 0.25) is 0 Å². The van der Waals surface area contributed by atoms with Gasteiger partial charge in [0.25, 0.3) is 17.7 Å². The molecule has 3 N–H and O–H groups in total. The highest BCUT2D eigenvalue weighted by atomic mass is 19.4. The molecule has 0 aliphatic carbocycles. The molecule has 0 saturated carbocycles. The van der Waals surface area contributed by atoms with E-state index in [0.717, 1.165) is 0 Å². The summed E-state index contributed by atoms with van der Waals surface area (Å²) in [5, 5.41) is 16.6. The zero-order valence-electron chi connectivity index (χ0n) is 13.8. The van der Waals surface area contributed by atoms with Crippen LogP contribution in [0.1, 0.15) is 43.2 Å². The number of pyridine rings is 1. The molecule has 1 aliphatic rings. The second kappa shape index (κ2) is 6.91. The SMILES string of the molecule is Nc1cc(C(F)(F)F)c2nc1-c1nnc(o1)C(O)C(F)(F)CCCCCO2. The number of hydrogen-bond acceptors (Lipinski definition) is 7. The van der Waals surface area contributed by atoms with Crippen molar-refractivity contribution in [1.82, 2.24) is 15.2 Å². The molecule has 1 atom stereocenters. The van der Waals surface area contributed by atoms with Crippen LogP contribution in [0.4, 0.5) is 27.6 Å². The van der Waals surface area contributed by atoms with Crippen molar-refractivity contribution in [3.8, 4) is 17.5 Å². The number of alkyl halides is 5. The summed E-state index contributed by atoms with van der Waals surface area (Å²) in [6, 6.07) is 0.596. The Hall–Kier alpha value is -2.50. The Morgan fingerprint density at radius 1 is 1.19 bits per heavy atom. The third kappa shape index (κ3) is 3.94. The summed E-state index contributed by atoms with van der Waals surface area (Å²) in [5.41, 5.74) is 3.60. The predicted octanol–water partition coefficient (Wildman–Crippen LogP) is 3.35. The molecule has 1 unspecified atom stereocenters. The minimum atomic E-state index is -4.77. The van der Waals surface area contributed by atoms with E-state index in [0.29, 0.717) is 6.07 Å². The molecule has 12 heteroatoms. The van der Waals surface area contributed by atoms with Gasteiger partial charge in [-0.25, -0.2) is 13.8 Å². The van der Waals surface area contributed by atoms with E-state index in [-0.39, 0.29) is 31.6 Å². The number of nitrogen functional groups attached to an aromatic ring is 1. The van der Waals surface area contributed by atoms with Gasteiger partial charge in [-0.3, -0.25) is 0 Å². The molecule has 1 aliphatic heterocycles. The number of nitrogens with two attached hydrogens (primary N) is 1. The second-order valence-corrected chi connectivity index (χ2v) is 6.04. The van der Waals surface area contributed by atoms with E-state index in [1.54, 1.807) is 0 Å². The number of aliphatic hydroxyl groups excluding tert-OH is 1. The maximum atomic E-state index is 14.0. The summed E-state index contributed by atoms with van der Waals surface area (Å²) in [6.07, 6.45) is -7.29. The fourth-order valence-electron chi connectivity index (χ4n) is 2.56. The van der Waals surface area contributed by atoms with Crippen LogP contribution in [0.3, 0.4) is 0 Å². The van der Waals surface area contributed by atoms with Gasteiger partial charge < -0.3 is 20.0 Å². The van der Waals surface area contributed by atoms with Crippen LogP contribution in [0, 0.1) is 0 Å². The molecule has 0 spiro atoms. The molecule has 148 valence electrons. The van der Waals surface area contributed by atoms with Crippen LogP contribution in [-0.2, 0) is 6.18 Å². The highest BCUT2D eigenvalue weighted by Gasteiger charge is 2.43. The van der Waals surface area contributed by atoms with E-state index in [2.05, 4.69) is 15.2 Å². The molecule has 4 bridgehead atoms. The number of halogens is 5. The molecule has 0 amide bonds. The first kappa shape index (κ1) is 19.3. The molecule has 0 radical (unpaired) electrons. The zero-order valence-corrected chi connectivity index (χ0v) is 13.8. The van der Waals surface area contributed by atoms with E-state index in [1.807, 2.05) is 0 Å². The number of nitrogens with zero attached hydrogens (tertiary/aromatic N) is 3. The monoisotopic (exact) mass is 394 g/mol. The molecule has 0 aromatic carbocycles. The standard InChI is InChI=1S/C15H15F5N4O3/c16-14(17)4-2-1-3-5-26-11-7(15(18,19)20)6-8(21)9(22-11)12-23-24-13(27-12)10(14)25/h6,10,25H,1-5,21H2. The Morgan fingerprint density at radius 2 is 1.93 bits per heavy atom. The number of aliphatic hydroxyl groups is 1. The molecular formula is C15H15F5N4O3. The van der Waals surface area contributed by atoms with Crippen LogP contribution >= 0.6 is 0 Å². The van der Waals surface area contributed by atoms with Crippen LogP contribution < -0.4 is 10.5 Å². The summed E-state index contributed by atoms with van der Waals surface area (Å²) in [4.78, 5) is 3.70. The van der Waals surface area contributed by atoms with Gasteiger partial charge in [-0.1, -0.05) is 0 Å². The van der Waals surface area contributed by atoms with Gasteiger partial charge in [0, 0.05) is 6.42 Å². The first-order valence-corrected chi connectivity index (χ1v) is 8.00. The summed E-state index contributed by atoms with van der Waals surface area (Å²) >= 11 is 0. The van der Waals surface area contributed by atoms with Crippen molar-refractivity contribution < 1.29 is 36.2 Å². The highest BCUT2D eigenvalue weighted by Crippen LogP contribution is 2.40. The third-order valence-electron chi connectivity index (χ3n) is 3.99. The Balaban J connectivity index is 2.10. The molecule has 7 nitrogen and oxygen atoms in total. The van der Waals surface area contributed by atoms with Crippen LogP contribution in [-0.4, -0.2) is 32.8 Å². The lowest BCUT2D eigenvalue weighted by atomic mass is 10.0. The van der Waals surface area contributed by atoms with Crippen molar-refractivity contribution >= 4 is 5.69 Å². The van der Waals surface area contributed by atoms with Gasteiger partial charge in [0.05, 0.1) is 12.3 Å². The van der Waals surface area contributed by atoms with E-state index in [9.17, 15) is 27.1 Å². The summed E-state index contributed by atoms with van der Waals surface area (Å²) < 4.78 is 77.8. The second-order valence-electron chi connectivity index (χ2n) is 6.04. The fourth-order valence-corrected chi connectivity index (χ4v) is 2.56. The predicted molar refractivity (Wildman–Crippen MR) is 80.8 cm³/mol. The van der Waals surface area contributed by atoms with Crippen LogP contribution in [0.15, 0.2) is 10.5 Å². The van der Waals surface area contributed by atoms with Crippen LogP contribution in [0.25, 0.3) is 11.6 Å². The van der Waals surface area contributed by atoms with Crippen molar-refractivity contribution in [3.63, 3.8) is 0 Å². The molecule has 3 rings (SSSR count). The van der Waals surface area contributed by atoms with E-state index in [1.165, 1.54) is 0 Å². The molecular weight excluding hydrogens is 379 g/mol. The van der Waals surface area contributed by atoms with Gasteiger partial charge >= 0.3 is 6.18 Å². The summed E-state index contributed by atoms with van der Waals surface area (Å²) in [6.45, 7) is -0.164. The lowest BCUT2D eigenvalue weighted by molar-refractivity contribution is -0.139. The van der Waals surface area contributed by atoms with Crippen molar-refractivity contribution in [1.29, 1.82) is 0 Å². The molecule has 0 fully saturated rings. The van der Waals surface area contributed by atoms with Crippen molar-refractivity contribution in [2.45, 2.75) is 43.9 Å². The highest BCUT2D eigenvalue weighted by molar-refractivity contribution is 5.68. The maximum Gasteiger partial charge on any atom is 0.421 e. The summed E-state index contributed by atoms with van der Waals surface area (Å²) in [7, 11) is 0. The van der Waals surface area contributed by atoms with Crippen molar-refractivity contribution in [2.75, 3.05) is 12.3 Å². The Bertz CT molecular complexity index is 824. The smallest absolute Gasteiger partial charge is 0.421 e.